The molecule has 0 fully saturated rings. The minimum atomic E-state index is -0.535. The highest BCUT2D eigenvalue weighted by Gasteiger charge is 2.15. The molecule has 0 atom stereocenters. The summed E-state index contributed by atoms with van der Waals surface area (Å²) in [5.41, 5.74) is 1.59. The summed E-state index contributed by atoms with van der Waals surface area (Å²) < 4.78 is 17.7. The van der Waals surface area contributed by atoms with Gasteiger partial charge in [-0.25, -0.2) is 4.39 Å². The van der Waals surface area contributed by atoms with Gasteiger partial charge in [0.2, 0.25) is 0 Å². The van der Waals surface area contributed by atoms with Crippen molar-refractivity contribution in [2.24, 2.45) is 0 Å². The van der Waals surface area contributed by atoms with Crippen LogP contribution in [0.1, 0.15) is 15.9 Å². The fraction of sp³-hybridized carbons (Fsp3) is 0.0714. The molecule has 1 N–H and O–H groups in total. The van der Waals surface area contributed by atoms with Crippen molar-refractivity contribution in [3.63, 3.8) is 0 Å². The molecule has 0 aliphatic carbocycles. The zero-order chi connectivity index (χ0) is 13.8. The van der Waals surface area contributed by atoms with Gasteiger partial charge in [0.25, 0.3) is 5.91 Å². The van der Waals surface area contributed by atoms with Gasteiger partial charge in [0.15, 0.2) is 5.75 Å². The van der Waals surface area contributed by atoms with Gasteiger partial charge in [0, 0.05) is 5.69 Å². The number of benzene rings is 2. The van der Waals surface area contributed by atoms with Gasteiger partial charge < -0.3 is 9.61 Å². The number of nitrogens with one attached hydrogen (secondary N) is 1. The Labute approximate surface area is 115 Å². The van der Waals surface area contributed by atoms with E-state index in [0.717, 1.165) is 11.6 Å². The van der Waals surface area contributed by atoms with E-state index < -0.39 is 11.7 Å². The van der Waals surface area contributed by atoms with E-state index in [4.69, 9.17) is 11.9 Å². The first-order valence-corrected chi connectivity index (χ1v) is 5.88. The first kappa shape index (κ1) is 13.4. The molecule has 3 nitrogen and oxygen atoms in total. The Kier molecular flexibility index (Phi) is 4.02. The van der Waals surface area contributed by atoms with Gasteiger partial charge in [-0.15, -0.1) is 0 Å². The van der Waals surface area contributed by atoms with Crippen molar-refractivity contribution in [3.05, 3.63) is 59.4 Å². The Morgan fingerprint density at radius 2 is 2.00 bits per heavy atom. The van der Waals surface area contributed by atoms with Crippen molar-refractivity contribution in [2.45, 2.75) is 6.92 Å². The number of hydrogen-bond donors (Lipinski definition) is 1. The molecular formula is C14H11ClFNO2. The predicted molar refractivity (Wildman–Crippen MR) is 72.0 cm³/mol. The summed E-state index contributed by atoms with van der Waals surface area (Å²) in [5, 5.41) is 2.68. The first-order valence-electron chi connectivity index (χ1n) is 5.57. The maximum absolute atomic E-state index is 13.2. The van der Waals surface area contributed by atoms with Gasteiger partial charge in [0.05, 0.1) is 5.56 Å². The number of rotatable bonds is 3. The topological polar surface area (TPSA) is 38.3 Å². The third-order valence-corrected chi connectivity index (χ3v) is 2.83. The van der Waals surface area contributed by atoms with Gasteiger partial charge >= 0.3 is 0 Å². The second-order valence-electron chi connectivity index (χ2n) is 3.99. The van der Waals surface area contributed by atoms with Crippen molar-refractivity contribution < 1.29 is 13.5 Å². The lowest BCUT2D eigenvalue weighted by Gasteiger charge is -2.10. The fourth-order valence-corrected chi connectivity index (χ4v) is 1.78. The maximum atomic E-state index is 13.2. The molecule has 2 aromatic carbocycles. The van der Waals surface area contributed by atoms with Crippen LogP contribution in [0, 0.1) is 12.7 Å². The van der Waals surface area contributed by atoms with Crippen LogP contribution >= 0.6 is 11.9 Å². The summed E-state index contributed by atoms with van der Waals surface area (Å²) in [6, 6.07) is 10.8. The van der Waals surface area contributed by atoms with E-state index in [1.54, 1.807) is 12.1 Å². The van der Waals surface area contributed by atoms with Crippen LogP contribution in [0.5, 0.6) is 5.75 Å². The molecular weight excluding hydrogens is 269 g/mol. The molecule has 0 saturated heterocycles. The second kappa shape index (κ2) is 5.71. The van der Waals surface area contributed by atoms with Gasteiger partial charge in [0.1, 0.15) is 17.7 Å². The molecule has 2 rings (SSSR count). The molecule has 19 heavy (non-hydrogen) atoms. The Hall–Kier alpha value is -2.07. The summed E-state index contributed by atoms with van der Waals surface area (Å²) in [5.74, 6) is -0.911. The van der Waals surface area contributed by atoms with E-state index >= 15 is 0 Å². The fourth-order valence-electron chi connectivity index (χ4n) is 1.65. The molecule has 0 aromatic heterocycles. The maximum Gasteiger partial charge on any atom is 0.259 e. The standard InChI is InChI=1S/C14H11ClFNO2/c1-9-4-2-3-5-12(9)17-14(18)11-8-10(16)6-7-13(11)19-15/h2-8H,1H3,(H,17,18). The zero-order valence-corrected chi connectivity index (χ0v) is 10.9. The van der Waals surface area contributed by atoms with Crippen LogP contribution in [-0.4, -0.2) is 5.91 Å². The highest BCUT2D eigenvalue weighted by Crippen LogP contribution is 2.23. The summed E-state index contributed by atoms with van der Waals surface area (Å²) in [6.07, 6.45) is 0. The Balaban J connectivity index is 2.30. The number of hydrogen-bond acceptors (Lipinski definition) is 2. The van der Waals surface area contributed by atoms with E-state index in [9.17, 15) is 9.18 Å². The highest BCUT2D eigenvalue weighted by atomic mass is 35.5. The van der Waals surface area contributed by atoms with E-state index in [1.807, 2.05) is 19.1 Å². The highest BCUT2D eigenvalue weighted by molar-refractivity contribution is 6.11. The molecule has 0 saturated carbocycles. The third-order valence-electron chi connectivity index (χ3n) is 2.66. The first-order chi connectivity index (χ1) is 9.11. The average molecular weight is 280 g/mol. The van der Waals surface area contributed by atoms with Crippen molar-refractivity contribution in [3.8, 4) is 5.75 Å². The molecule has 0 aliphatic rings. The molecule has 0 radical (unpaired) electrons. The van der Waals surface area contributed by atoms with Crippen LogP contribution in [0.4, 0.5) is 10.1 Å². The minimum Gasteiger partial charge on any atom is -0.385 e. The number of carbonyl (C=O) groups excluding carboxylic acids is 1. The quantitative estimate of drug-likeness (QED) is 0.925. The van der Waals surface area contributed by atoms with Crippen molar-refractivity contribution in [1.29, 1.82) is 0 Å². The third kappa shape index (κ3) is 3.03. The monoisotopic (exact) mass is 279 g/mol. The largest absolute Gasteiger partial charge is 0.385 e. The SMILES string of the molecule is Cc1ccccc1NC(=O)c1cc(F)ccc1OCl. The van der Waals surface area contributed by atoms with Crippen molar-refractivity contribution in [2.75, 3.05) is 5.32 Å². The predicted octanol–water partition coefficient (Wildman–Crippen LogP) is 3.92. The Bertz CT molecular complexity index is 616. The van der Waals surface area contributed by atoms with Crippen LogP contribution in [0.3, 0.4) is 0 Å². The molecule has 0 bridgehead atoms. The number of aryl methyl sites for hydroxylation is 1. The molecule has 0 unspecified atom stereocenters. The average Bonchev–Trinajstić information content (AvgIpc) is 2.41. The van der Waals surface area contributed by atoms with Gasteiger partial charge in [-0.1, -0.05) is 18.2 Å². The number of amides is 1. The molecule has 1 amide bonds. The van der Waals surface area contributed by atoms with E-state index in [2.05, 4.69) is 9.61 Å². The minimum absolute atomic E-state index is 0.0400. The number of para-hydroxylation sites is 1. The second-order valence-corrected chi connectivity index (χ2v) is 4.14. The van der Waals surface area contributed by atoms with Crippen LogP contribution < -0.4 is 9.61 Å². The van der Waals surface area contributed by atoms with E-state index in [0.29, 0.717) is 5.69 Å². The Morgan fingerprint density at radius 3 is 2.68 bits per heavy atom. The van der Waals surface area contributed by atoms with E-state index in [1.165, 1.54) is 12.1 Å². The molecule has 0 aliphatic heterocycles. The number of halogens is 2. The normalized spacial score (nSPS) is 10.1. The summed E-state index contributed by atoms with van der Waals surface area (Å²) >= 11 is 5.26. The van der Waals surface area contributed by atoms with E-state index in [-0.39, 0.29) is 11.3 Å². The molecule has 0 heterocycles. The molecule has 98 valence electrons. The van der Waals surface area contributed by atoms with Gasteiger partial charge in [-0.3, -0.25) is 4.79 Å². The van der Waals surface area contributed by atoms with Crippen molar-refractivity contribution >= 4 is 23.5 Å². The smallest absolute Gasteiger partial charge is 0.259 e. The molecule has 5 heteroatoms. The number of carbonyl (C=O) groups is 1. The Morgan fingerprint density at radius 1 is 1.26 bits per heavy atom. The van der Waals surface area contributed by atoms with Crippen LogP contribution in [0.25, 0.3) is 0 Å². The molecule has 0 spiro atoms. The summed E-state index contributed by atoms with van der Waals surface area (Å²) in [6.45, 7) is 1.86. The molecule has 2 aromatic rings. The van der Waals surface area contributed by atoms with Gasteiger partial charge in [-0.2, -0.15) is 0 Å². The summed E-state index contributed by atoms with van der Waals surface area (Å²) in [4.78, 5) is 12.1. The summed E-state index contributed by atoms with van der Waals surface area (Å²) in [7, 11) is 0. The van der Waals surface area contributed by atoms with Gasteiger partial charge in [-0.05, 0) is 36.8 Å². The van der Waals surface area contributed by atoms with Crippen LogP contribution in [0.2, 0.25) is 0 Å². The van der Waals surface area contributed by atoms with Crippen LogP contribution in [0.15, 0.2) is 42.5 Å². The zero-order valence-electron chi connectivity index (χ0n) is 10.1. The van der Waals surface area contributed by atoms with Crippen LogP contribution in [-0.2, 0) is 0 Å². The number of anilines is 1. The van der Waals surface area contributed by atoms with Crippen molar-refractivity contribution in [1.82, 2.24) is 0 Å². The lowest BCUT2D eigenvalue weighted by Crippen LogP contribution is -2.13. The lowest BCUT2D eigenvalue weighted by molar-refractivity contribution is 0.102. The lowest BCUT2D eigenvalue weighted by atomic mass is 10.1.